The van der Waals surface area contributed by atoms with E-state index in [1.165, 1.54) is 0 Å². The summed E-state index contributed by atoms with van der Waals surface area (Å²) in [5.74, 6) is 0.329. The van der Waals surface area contributed by atoms with Gasteiger partial charge in [-0.05, 0) is 48.9 Å². The molecule has 3 aromatic carbocycles. The Hall–Kier alpha value is -3.32. The summed E-state index contributed by atoms with van der Waals surface area (Å²) in [5.41, 5.74) is 2.27. The lowest BCUT2D eigenvalue weighted by Gasteiger charge is -2.24. The van der Waals surface area contributed by atoms with Crippen LogP contribution in [0.25, 0.3) is 0 Å². The van der Waals surface area contributed by atoms with E-state index in [1.54, 1.807) is 73.8 Å². The van der Waals surface area contributed by atoms with Gasteiger partial charge >= 0.3 is 0 Å². The van der Waals surface area contributed by atoms with Gasteiger partial charge < -0.3 is 10.1 Å². The number of carbonyl (C=O) groups excluding carboxylic acids is 1. The van der Waals surface area contributed by atoms with Crippen LogP contribution in [0.5, 0.6) is 5.75 Å². The first kappa shape index (κ1) is 21.4. The molecule has 0 aromatic heterocycles. The first-order valence-corrected chi connectivity index (χ1v) is 10.9. The van der Waals surface area contributed by atoms with Gasteiger partial charge in [-0.2, -0.15) is 0 Å². The molecule has 3 aromatic rings. The maximum absolute atomic E-state index is 13.3. The first-order chi connectivity index (χ1) is 14.4. The predicted molar refractivity (Wildman–Crippen MR) is 117 cm³/mol. The number of para-hydroxylation sites is 1. The SMILES string of the molecule is COc1ccc(CNC(=O)CN(c2ccccc2)S(=O)(=O)c2ccc(C)cc2)cc1. The Balaban J connectivity index is 1.79. The standard InChI is InChI=1S/C23H24N2O4S/c1-18-8-14-22(15-9-18)30(27,28)25(20-6-4-3-5-7-20)17-23(26)24-16-19-10-12-21(29-2)13-11-19/h3-15H,16-17H2,1-2H3,(H,24,26). The highest BCUT2D eigenvalue weighted by atomic mass is 32.2. The molecule has 1 N–H and O–H groups in total. The van der Waals surface area contributed by atoms with E-state index in [2.05, 4.69) is 5.32 Å². The van der Waals surface area contributed by atoms with Gasteiger partial charge in [-0.15, -0.1) is 0 Å². The van der Waals surface area contributed by atoms with E-state index in [1.807, 2.05) is 19.1 Å². The smallest absolute Gasteiger partial charge is 0.264 e. The molecule has 0 saturated heterocycles. The van der Waals surface area contributed by atoms with Crippen molar-refractivity contribution in [2.24, 2.45) is 0 Å². The van der Waals surface area contributed by atoms with Crippen LogP contribution in [0, 0.1) is 6.92 Å². The van der Waals surface area contributed by atoms with Gasteiger partial charge in [0, 0.05) is 6.54 Å². The number of amides is 1. The minimum atomic E-state index is -3.90. The van der Waals surface area contributed by atoms with Gasteiger partial charge in [0.15, 0.2) is 0 Å². The molecular formula is C23H24N2O4S. The Labute approximate surface area is 177 Å². The molecule has 0 radical (unpaired) electrons. The zero-order chi connectivity index (χ0) is 21.6. The van der Waals surface area contributed by atoms with Crippen molar-refractivity contribution in [2.75, 3.05) is 18.0 Å². The molecule has 0 spiro atoms. The molecule has 0 fully saturated rings. The summed E-state index contributed by atoms with van der Waals surface area (Å²) in [4.78, 5) is 12.8. The van der Waals surface area contributed by atoms with Crippen LogP contribution in [-0.2, 0) is 21.4 Å². The number of nitrogens with zero attached hydrogens (tertiary/aromatic N) is 1. The number of methoxy groups -OCH3 is 1. The van der Waals surface area contributed by atoms with Gasteiger partial charge in [0.1, 0.15) is 12.3 Å². The Morgan fingerprint density at radius 3 is 2.17 bits per heavy atom. The largest absolute Gasteiger partial charge is 0.497 e. The molecule has 6 nitrogen and oxygen atoms in total. The number of benzene rings is 3. The van der Waals surface area contributed by atoms with E-state index in [-0.39, 0.29) is 18.0 Å². The van der Waals surface area contributed by atoms with Crippen molar-refractivity contribution in [3.63, 3.8) is 0 Å². The lowest BCUT2D eigenvalue weighted by Crippen LogP contribution is -2.40. The number of rotatable bonds is 8. The molecular weight excluding hydrogens is 400 g/mol. The minimum Gasteiger partial charge on any atom is -0.497 e. The van der Waals surface area contributed by atoms with Crippen LogP contribution in [-0.4, -0.2) is 28.0 Å². The van der Waals surface area contributed by atoms with Gasteiger partial charge in [-0.3, -0.25) is 9.10 Å². The van der Waals surface area contributed by atoms with Gasteiger partial charge in [0.25, 0.3) is 10.0 Å². The van der Waals surface area contributed by atoms with Crippen molar-refractivity contribution in [1.82, 2.24) is 5.32 Å². The highest BCUT2D eigenvalue weighted by Gasteiger charge is 2.27. The molecule has 30 heavy (non-hydrogen) atoms. The molecule has 7 heteroatoms. The van der Waals surface area contributed by atoms with Crippen molar-refractivity contribution < 1.29 is 17.9 Å². The second-order valence-electron chi connectivity index (χ2n) is 6.79. The predicted octanol–water partition coefficient (Wildman–Crippen LogP) is 3.52. The van der Waals surface area contributed by atoms with Crippen LogP contribution in [0.2, 0.25) is 0 Å². The van der Waals surface area contributed by atoms with E-state index >= 15 is 0 Å². The zero-order valence-electron chi connectivity index (χ0n) is 16.9. The summed E-state index contributed by atoms with van der Waals surface area (Å²) in [6.07, 6.45) is 0. The van der Waals surface area contributed by atoms with Gasteiger partial charge in [0.05, 0.1) is 17.7 Å². The zero-order valence-corrected chi connectivity index (χ0v) is 17.7. The van der Waals surface area contributed by atoms with Gasteiger partial charge in [-0.1, -0.05) is 48.0 Å². The normalized spacial score (nSPS) is 11.0. The molecule has 0 unspecified atom stereocenters. The molecule has 3 rings (SSSR count). The topological polar surface area (TPSA) is 75.7 Å². The van der Waals surface area contributed by atoms with Crippen LogP contribution < -0.4 is 14.4 Å². The maximum Gasteiger partial charge on any atom is 0.264 e. The third-order valence-corrected chi connectivity index (χ3v) is 6.38. The number of sulfonamides is 1. The summed E-state index contributed by atoms with van der Waals surface area (Å²) in [6.45, 7) is 1.85. The summed E-state index contributed by atoms with van der Waals surface area (Å²) >= 11 is 0. The highest BCUT2D eigenvalue weighted by Crippen LogP contribution is 2.23. The lowest BCUT2D eigenvalue weighted by molar-refractivity contribution is -0.119. The van der Waals surface area contributed by atoms with Crippen molar-refractivity contribution in [2.45, 2.75) is 18.4 Å². The number of nitrogens with one attached hydrogen (secondary N) is 1. The van der Waals surface area contributed by atoms with E-state index in [4.69, 9.17) is 4.74 Å². The number of aryl methyl sites for hydroxylation is 1. The number of carbonyl (C=O) groups is 1. The molecule has 156 valence electrons. The fraction of sp³-hybridized carbons (Fsp3) is 0.174. The fourth-order valence-electron chi connectivity index (χ4n) is 2.88. The summed E-state index contributed by atoms with van der Waals surface area (Å²) in [5, 5.41) is 2.78. The van der Waals surface area contributed by atoms with Gasteiger partial charge in [-0.25, -0.2) is 8.42 Å². The molecule has 0 bridgehead atoms. The summed E-state index contributed by atoms with van der Waals surface area (Å²) in [6, 6.07) is 22.5. The second-order valence-corrected chi connectivity index (χ2v) is 8.65. The van der Waals surface area contributed by atoms with Crippen LogP contribution in [0.15, 0.2) is 83.8 Å². The monoisotopic (exact) mass is 424 g/mol. The Bertz CT molecular complexity index is 1080. The lowest BCUT2D eigenvalue weighted by atomic mass is 10.2. The van der Waals surface area contributed by atoms with Crippen LogP contribution in [0.4, 0.5) is 5.69 Å². The van der Waals surface area contributed by atoms with Crippen LogP contribution in [0.3, 0.4) is 0 Å². The second kappa shape index (κ2) is 9.45. The van der Waals surface area contributed by atoms with E-state index in [0.29, 0.717) is 5.69 Å². The Morgan fingerprint density at radius 2 is 1.57 bits per heavy atom. The Morgan fingerprint density at radius 1 is 0.933 bits per heavy atom. The third kappa shape index (κ3) is 5.18. The quantitative estimate of drug-likeness (QED) is 0.600. The van der Waals surface area contributed by atoms with E-state index < -0.39 is 15.9 Å². The molecule has 0 aliphatic heterocycles. The fourth-order valence-corrected chi connectivity index (χ4v) is 4.30. The minimum absolute atomic E-state index is 0.139. The average Bonchev–Trinajstić information content (AvgIpc) is 2.77. The van der Waals surface area contributed by atoms with Crippen LogP contribution in [0.1, 0.15) is 11.1 Å². The van der Waals surface area contributed by atoms with Crippen molar-refractivity contribution in [3.8, 4) is 5.75 Å². The van der Waals surface area contributed by atoms with Crippen molar-refractivity contribution in [3.05, 3.63) is 90.0 Å². The Kier molecular flexibility index (Phi) is 6.74. The van der Waals surface area contributed by atoms with Crippen molar-refractivity contribution >= 4 is 21.6 Å². The van der Waals surface area contributed by atoms with E-state index in [0.717, 1.165) is 21.2 Å². The molecule has 0 atom stereocenters. The number of anilines is 1. The third-order valence-electron chi connectivity index (χ3n) is 4.59. The molecule has 0 aliphatic rings. The summed E-state index contributed by atoms with van der Waals surface area (Å²) < 4.78 is 32.8. The number of hydrogen-bond acceptors (Lipinski definition) is 4. The van der Waals surface area contributed by atoms with Gasteiger partial charge in [0.2, 0.25) is 5.91 Å². The summed E-state index contributed by atoms with van der Waals surface area (Å²) in [7, 11) is -2.32. The number of ether oxygens (including phenoxy) is 1. The highest BCUT2D eigenvalue weighted by molar-refractivity contribution is 7.92. The molecule has 0 heterocycles. The molecule has 1 amide bonds. The number of hydrogen-bond donors (Lipinski definition) is 1. The van der Waals surface area contributed by atoms with Crippen molar-refractivity contribution in [1.29, 1.82) is 0 Å². The van der Waals surface area contributed by atoms with E-state index in [9.17, 15) is 13.2 Å². The first-order valence-electron chi connectivity index (χ1n) is 9.44. The average molecular weight is 425 g/mol. The maximum atomic E-state index is 13.3. The molecule has 0 aliphatic carbocycles. The van der Waals surface area contributed by atoms with Crippen LogP contribution >= 0.6 is 0 Å². The molecule has 0 saturated carbocycles.